The summed E-state index contributed by atoms with van der Waals surface area (Å²) in [5, 5.41) is 2.63. The molecule has 0 spiro atoms. The fourth-order valence-corrected chi connectivity index (χ4v) is 1.25. The molecule has 0 fully saturated rings. The summed E-state index contributed by atoms with van der Waals surface area (Å²) in [4.78, 5) is 31.4. The Hall–Kier alpha value is -1.95. The fraction of sp³-hybridized carbons (Fsp3) is 0.417. The number of nitrogens with one attached hydrogen (secondary N) is 2. The second kappa shape index (κ2) is 6.70. The van der Waals surface area contributed by atoms with Crippen LogP contribution in [0.1, 0.15) is 11.4 Å². The van der Waals surface area contributed by atoms with Gasteiger partial charge in [-0.15, -0.1) is 0 Å². The lowest BCUT2D eigenvalue weighted by molar-refractivity contribution is -0.116. The molecule has 0 saturated carbocycles. The number of hydrogen-bond donors (Lipinski definition) is 2. The Labute approximate surface area is 106 Å². The minimum absolute atomic E-state index is 0.174. The lowest BCUT2D eigenvalue weighted by atomic mass is 10.3. The normalized spacial score (nSPS) is 11.1. The number of likely N-dealkylation sites (N-methyl/N-ethyl adjacent to an activating group) is 1. The summed E-state index contributed by atoms with van der Waals surface area (Å²) in [7, 11) is 3.83. The van der Waals surface area contributed by atoms with Gasteiger partial charge in [-0.1, -0.05) is 6.08 Å². The summed E-state index contributed by atoms with van der Waals surface area (Å²) in [5.41, 5.74) is 0.218. The van der Waals surface area contributed by atoms with Crippen molar-refractivity contribution in [2.75, 3.05) is 20.6 Å². The molecule has 98 valence electrons. The number of aryl methyl sites for hydroxylation is 1. The highest BCUT2D eigenvalue weighted by Gasteiger charge is 2.02. The van der Waals surface area contributed by atoms with Gasteiger partial charge >= 0.3 is 0 Å². The number of aromatic amines is 1. The van der Waals surface area contributed by atoms with Gasteiger partial charge in [-0.2, -0.15) is 0 Å². The van der Waals surface area contributed by atoms with Gasteiger partial charge in [-0.05, 0) is 21.0 Å². The zero-order chi connectivity index (χ0) is 13.5. The number of carbonyl (C=O) groups excluding carboxylic acids is 1. The first-order valence-electron chi connectivity index (χ1n) is 5.63. The Balaban J connectivity index is 2.48. The Morgan fingerprint density at radius 1 is 1.56 bits per heavy atom. The van der Waals surface area contributed by atoms with Crippen molar-refractivity contribution in [2.24, 2.45) is 0 Å². The molecule has 1 aromatic rings. The summed E-state index contributed by atoms with van der Waals surface area (Å²) in [6.45, 7) is 2.57. The molecule has 1 heterocycles. The van der Waals surface area contributed by atoms with Crippen molar-refractivity contribution in [3.63, 3.8) is 0 Å². The topological polar surface area (TPSA) is 78.1 Å². The van der Waals surface area contributed by atoms with Gasteiger partial charge in [0.05, 0.1) is 12.1 Å². The summed E-state index contributed by atoms with van der Waals surface area (Å²) >= 11 is 0. The number of amides is 1. The summed E-state index contributed by atoms with van der Waals surface area (Å²) in [5.74, 6) is 0.331. The molecular formula is C12H18N4O2. The van der Waals surface area contributed by atoms with Crippen LogP contribution in [0.5, 0.6) is 0 Å². The molecule has 0 aliphatic heterocycles. The molecular weight excluding hydrogens is 232 g/mol. The smallest absolute Gasteiger partial charge is 0.255 e. The zero-order valence-corrected chi connectivity index (χ0v) is 10.9. The highest BCUT2D eigenvalue weighted by Crippen LogP contribution is 1.88. The number of carbonyl (C=O) groups is 1. The average molecular weight is 250 g/mol. The van der Waals surface area contributed by atoms with Crippen LogP contribution in [0.25, 0.3) is 0 Å². The minimum Gasteiger partial charge on any atom is -0.348 e. The van der Waals surface area contributed by atoms with E-state index in [4.69, 9.17) is 0 Å². The third-order valence-electron chi connectivity index (χ3n) is 2.19. The Bertz CT molecular complexity index is 491. The number of aromatic nitrogens is 2. The maximum absolute atomic E-state index is 11.5. The second-order valence-electron chi connectivity index (χ2n) is 4.21. The minimum atomic E-state index is -0.225. The number of H-pyrrole nitrogens is 1. The van der Waals surface area contributed by atoms with E-state index >= 15 is 0 Å². The van der Waals surface area contributed by atoms with E-state index in [1.165, 1.54) is 12.3 Å². The molecule has 18 heavy (non-hydrogen) atoms. The van der Waals surface area contributed by atoms with E-state index in [9.17, 15) is 9.59 Å². The van der Waals surface area contributed by atoms with Gasteiger partial charge in [0.2, 0.25) is 5.91 Å². The van der Waals surface area contributed by atoms with E-state index in [-0.39, 0.29) is 18.0 Å². The van der Waals surface area contributed by atoms with Crippen molar-refractivity contribution in [1.29, 1.82) is 0 Å². The van der Waals surface area contributed by atoms with Gasteiger partial charge in [0, 0.05) is 18.8 Å². The highest BCUT2D eigenvalue weighted by molar-refractivity contribution is 5.87. The SMILES string of the molecule is Cc1ncc(CNC(=O)/C=C/CN(C)C)c(=O)[nH]1. The maximum atomic E-state index is 11.5. The molecule has 6 heteroatoms. The van der Waals surface area contributed by atoms with Gasteiger partial charge in [0.25, 0.3) is 5.56 Å². The van der Waals surface area contributed by atoms with Crippen LogP contribution in [0, 0.1) is 6.92 Å². The monoisotopic (exact) mass is 250 g/mol. The van der Waals surface area contributed by atoms with E-state index in [2.05, 4.69) is 15.3 Å². The first-order chi connectivity index (χ1) is 8.49. The largest absolute Gasteiger partial charge is 0.348 e. The molecule has 1 amide bonds. The van der Waals surface area contributed by atoms with Crippen molar-refractivity contribution < 1.29 is 4.79 Å². The van der Waals surface area contributed by atoms with Crippen molar-refractivity contribution in [3.8, 4) is 0 Å². The fourth-order valence-electron chi connectivity index (χ4n) is 1.25. The predicted octanol–water partition coefficient (Wildman–Crippen LogP) is -0.188. The standard InChI is InChI=1S/C12H18N4O2/c1-9-13-7-10(12(18)15-9)8-14-11(17)5-4-6-16(2)3/h4-5,7H,6,8H2,1-3H3,(H,14,17)(H,13,15,18)/b5-4+. The quantitative estimate of drug-likeness (QED) is 0.710. The first-order valence-corrected chi connectivity index (χ1v) is 5.63. The van der Waals surface area contributed by atoms with Crippen molar-refractivity contribution >= 4 is 5.91 Å². The van der Waals surface area contributed by atoms with Crippen LogP contribution in [0.3, 0.4) is 0 Å². The van der Waals surface area contributed by atoms with Crippen LogP contribution in [-0.2, 0) is 11.3 Å². The zero-order valence-electron chi connectivity index (χ0n) is 10.9. The van der Waals surface area contributed by atoms with Gasteiger partial charge in [0.15, 0.2) is 0 Å². The van der Waals surface area contributed by atoms with Crippen LogP contribution in [0.15, 0.2) is 23.1 Å². The van der Waals surface area contributed by atoms with E-state index in [1.807, 2.05) is 19.0 Å². The molecule has 0 unspecified atom stereocenters. The molecule has 6 nitrogen and oxygen atoms in total. The molecule has 0 saturated heterocycles. The van der Waals surface area contributed by atoms with Crippen LogP contribution < -0.4 is 10.9 Å². The average Bonchev–Trinajstić information content (AvgIpc) is 2.27. The van der Waals surface area contributed by atoms with Gasteiger partial charge in [-0.3, -0.25) is 9.59 Å². The van der Waals surface area contributed by atoms with Crippen LogP contribution in [-0.4, -0.2) is 41.4 Å². The van der Waals surface area contributed by atoms with Crippen molar-refractivity contribution in [2.45, 2.75) is 13.5 Å². The summed E-state index contributed by atoms with van der Waals surface area (Å²) < 4.78 is 0. The van der Waals surface area contributed by atoms with Gasteiger partial charge in [-0.25, -0.2) is 4.98 Å². The Kier molecular flexibility index (Phi) is 5.26. The molecule has 0 aromatic carbocycles. The number of rotatable bonds is 5. The third kappa shape index (κ3) is 4.92. The number of hydrogen-bond acceptors (Lipinski definition) is 4. The summed E-state index contributed by atoms with van der Waals surface area (Å²) in [6, 6.07) is 0. The van der Waals surface area contributed by atoms with E-state index in [1.54, 1.807) is 13.0 Å². The molecule has 0 aliphatic carbocycles. The summed E-state index contributed by atoms with van der Waals surface area (Å²) in [6.07, 6.45) is 4.68. The molecule has 1 rings (SSSR count). The lowest BCUT2D eigenvalue weighted by Gasteiger charge is -2.04. The van der Waals surface area contributed by atoms with Crippen LogP contribution in [0.4, 0.5) is 0 Å². The molecule has 0 aliphatic rings. The van der Waals surface area contributed by atoms with Gasteiger partial charge in [0.1, 0.15) is 5.82 Å². The van der Waals surface area contributed by atoms with Gasteiger partial charge < -0.3 is 15.2 Å². The number of nitrogens with zero attached hydrogens (tertiary/aromatic N) is 2. The van der Waals surface area contributed by atoms with E-state index in [0.717, 1.165) is 0 Å². The lowest BCUT2D eigenvalue weighted by Crippen LogP contribution is -2.26. The molecule has 0 bridgehead atoms. The molecule has 1 aromatic heterocycles. The maximum Gasteiger partial charge on any atom is 0.255 e. The van der Waals surface area contributed by atoms with Crippen molar-refractivity contribution in [3.05, 3.63) is 40.1 Å². The molecule has 0 radical (unpaired) electrons. The predicted molar refractivity (Wildman–Crippen MR) is 69.1 cm³/mol. The highest BCUT2D eigenvalue weighted by atomic mass is 16.1. The molecule has 0 atom stereocenters. The third-order valence-corrected chi connectivity index (χ3v) is 2.19. The first kappa shape index (κ1) is 14.1. The van der Waals surface area contributed by atoms with Crippen molar-refractivity contribution in [1.82, 2.24) is 20.2 Å². The molecule has 2 N–H and O–H groups in total. The van der Waals surface area contributed by atoms with Crippen LogP contribution in [0.2, 0.25) is 0 Å². The second-order valence-corrected chi connectivity index (χ2v) is 4.21. The van der Waals surface area contributed by atoms with E-state index < -0.39 is 0 Å². The van der Waals surface area contributed by atoms with E-state index in [0.29, 0.717) is 17.9 Å². The Morgan fingerprint density at radius 3 is 2.89 bits per heavy atom. The Morgan fingerprint density at radius 2 is 2.28 bits per heavy atom. The van der Waals surface area contributed by atoms with Crippen LogP contribution >= 0.6 is 0 Å².